The van der Waals surface area contributed by atoms with Crippen LogP contribution in [-0.4, -0.2) is 49.4 Å². The van der Waals surface area contributed by atoms with Gasteiger partial charge in [-0.15, -0.1) is 11.3 Å². The van der Waals surface area contributed by atoms with Gasteiger partial charge in [0.25, 0.3) is 5.56 Å². The van der Waals surface area contributed by atoms with Gasteiger partial charge in [0.1, 0.15) is 17.9 Å². The van der Waals surface area contributed by atoms with Gasteiger partial charge in [-0.3, -0.25) is 14.4 Å². The van der Waals surface area contributed by atoms with Crippen molar-refractivity contribution in [1.82, 2.24) is 24.2 Å². The Labute approximate surface area is 213 Å². The minimum absolute atomic E-state index is 0.101. The summed E-state index contributed by atoms with van der Waals surface area (Å²) in [5, 5.41) is 13.8. The van der Waals surface area contributed by atoms with Crippen molar-refractivity contribution in [3.8, 4) is 6.07 Å². The molecule has 1 saturated heterocycles. The van der Waals surface area contributed by atoms with Gasteiger partial charge in [-0.25, -0.2) is 9.37 Å². The lowest BCUT2D eigenvalue weighted by molar-refractivity contribution is 0.0994. The van der Waals surface area contributed by atoms with Gasteiger partial charge in [0.15, 0.2) is 0 Å². The summed E-state index contributed by atoms with van der Waals surface area (Å²) in [7, 11) is 1.73. The first-order valence-electron chi connectivity index (χ1n) is 12.3. The Morgan fingerprint density at radius 2 is 2.00 bits per heavy atom. The smallest absolute Gasteiger partial charge is 0.252 e. The van der Waals surface area contributed by atoms with E-state index in [0.717, 1.165) is 35.3 Å². The van der Waals surface area contributed by atoms with Crippen LogP contribution >= 0.6 is 11.3 Å². The summed E-state index contributed by atoms with van der Waals surface area (Å²) in [6, 6.07) is 7.46. The Hall–Kier alpha value is -3.29. The molecular weight excluding hydrogens is 477 g/mol. The fraction of sp³-hybridized carbons (Fsp3) is 0.462. The zero-order valence-electron chi connectivity index (χ0n) is 21.0. The number of rotatable bonds is 6. The highest BCUT2D eigenvalue weighted by Crippen LogP contribution is 2.36. The van der Waals surface area contributed by atoms with Crippen LogP contribution in [0, 0.1) is 17.1 Å². The molecule has 1 aliphatic heterocycles. The molecule has 0 unspecified atom stereocenters. The van der Waals surface area contributed by atoms with Crippen molar-refractivity contribution in [2.24, 2.45) is 7.05 Å². The maximum absolute atomic E-state index is 15.1. The van der Waals surface area contributed by atoms with Crippen LogP contribution in [0.25, 0.3) is 21.3 Å². The van der Waals surface area contributed by atoms with Gasteiger partial charge in [-0.2, -0.15) is 10.4 Å². The molecule has 3 atom stereocenters. The van der Waals surface area contributed by atoms with Crippen molar-refractivity contribution >= 4 is 38.3 Å². The molecule has 0 spiro atoms. The quantitative estimate of drug-likeness (QED) is 0.384. The molecule has 5 rings (SSSR count). The molecule has 1 aromatic carbocycles. The Kier molecular flexibility index (Phi) is 6.53. The molecule has 4 heterocycles. The van der Waals surface area contributed by atoms with E-state index in [0.29, 0.717) is 23.1 Å². The molecule has 4 aromatic rings. The summed E-state index contributed by atoms with van der Waals surface area (Å²) in [5.41, 5.74) is 5.28. The number of piperazine rings is 1. The lowest BCUT2D eigenvalue weighted by atomic mass is 9.96. The van der Waals surface area contributed by atoms with Crippen LogP contribution in [0.2, 0.25) is 0 Å². The van der Waals surface area contributed by atoms with Crippen molar-refractivity contribution in [2.75, 3.05) is 18.0 Å². The molecule has 0 bridgehead atoms. The van der Waals surface area contributed by atoms with E-state index in [1.54, 1.807) is 40.1 Å². The summed E-state index contributed by atoms with van der Waals surface area (Å²) >= 11 is 1.53. The Morgan fingerprint density at radius 3 is 2.72 bits per heavy atom. The highest BCUT2D eigenvalue weighted by Gasteiger charge is 2.37. The van der Waals surface area contributed by atoms with E-state index in [2.05, 4.69) is 46.7 Å². The minimum Gasteiger partial charge on any atom is -0.364 e. The van der Waals surface area contributed by atoms with E-state index in [9.17, 15) is 4.79 Å². The molecule has 8 nitrogen and oxygen atoms in total. The van der Waals surface area contributed by atoms with Crippen LogP contribution in [0.1, 0.15) is 45.2 Å². The van der Waals surface area contributed by atoms with Crippen molar-refractivity contribution < 1.29 is 4.39 Å². The third kappa shape index (κ3) is 4.06. The van der Waals surface area contributed by atoms with Gasteiger partial charge in [0.2, 0.25) is 0 Å². The molecule has 1 aliphatic rings. The predicted molar refractivity (Wildman–Crippen MR) is 141 cm³/mol. The number of pyridine rings is 1. The second-order valence-corrected chi connectivity index (χ2v) is 10.4. The molecule has 10 heteroatoms. The second kappa shape index (κ2) is 9.64. The first-order valence-corrected chi connectivity index (χ1v) is 13.2. The van der Waals surface area contributed by atoms with Gasteiger partial charge < -0.3 is 9.47 Å². The number of thiazole rings is 1. The highest BCUT2D eigenvalue weighted by atomic mass is 32.1. The third-order valence-electron chi connectivity index (χ3n) is 7.56. The van der Waals surface area contributed by atoms with E-state index in [1.165, 1.54) is 11.3 Å². The largest absolute Gasteiger partial charge is 0.364 e. The molecule has 36 heavy (non-hydrogen) atoms. The molecule has 0 saturated carbocycles. The van der Waals surface area contributed by atoms with E-state index < -0.39 is 0 Å². The summed E-state index contributed by atoms with van der Waals surface area (Å²) in [6.07, 6.45) is 3.52. The number of aromatic nitrogens is 4. The first kappa shape index (κ1) is 24.4. The van der Waals surface area contributed by atoms with Gasteiger partial charge in [-0.1, -0.05) is 13.8 Å². The summed E-state index contributed by atoms with van der Waals surface area (Å²) in [4.78, 5) is 21.8. The van der Waals surface area contributed by atoms with Crippen LogP contribution in [-0.2, 0) is 13.6 Å². The standard InChI is InChI=1S/C26H30FN7OS/c1-5-17-13-34(22-11-25(35)31(4)23-14-32(8-7-28)30-26(22)23)18(6-2)12-33(17)16(3)19-9-24-21(10-20(19)27)29-15-36-24/h9-11,14-18H,5-6,8,12-13H2,1-4H3/t16-,17-,18+/m1/s1. The van der Waals surface area contributed by atoms with Crippen LogP contribution in [0.15, 0.2) is 34.7 Å². The van der Waals surface area contributed by atoms with Crippen molar-refractivity contribution in [2.45, 2.75) is 58.3 Å². The lowest BCUT2D eigenvalue weighted by Crippen LogP contribution is -2.58. The Bertz CT molecular complexity index is 1520. The fourth-order valence-electron chi connectivity index (χ4n) is 5.46. The average Bonchev–Trinajstić information content (AvgIpc) is 3.51. The fourth-order valence-corrected chi connectivity index (χ4v) is 6.17. The molecule has 0 radical (unpaired) electrons. The van der Waals surface area contributed by atoms with E-state index >= 15 is 4.39 Å². The summed E-state index contributed by atoms with van der Waals surface area (Å²) in [5.74, 6) is -0.220. The lowest BCUT2D eigenvalue weighted by Gasteiger charge is -2.49. The van der Waals surface area contributed by atoms with Crippen molar-refractivity contribution in [3.05, 3.63) is 51.6 Å². The van der Waals surface area contributed by atoms with Crippen LogP contribution in [0.4, 0.5) is 10.1 Å². The van der Waals surface area contributed by atoms with Gasteiger partial charge >= 0.3 is 0 Å². The Balaban J connectivity index is 1.53. The number of aryl methyl sites for hydroxylation is 1. The average molecular weight is 508 g/mol. The number of nitriles is 1. The van der Waals surface area contributed by atoms with Crippen molar-refractivity contribution in [1.29, 1.82) is 5.26 Å². The first-order chi connectivity index (χ1) is 17.4. The van der Waals surface area contributed by atoms with E-state index in [-0.39, 0.29) is 36.0 Å². The molecule has 3 aromatic heterocycles. The third-order valence-corrected chi connectivity index (χ3v) is 8.35. The molecule has 0 amide bonds. The zero-order chi connectivity index (χ0) is 25.6. The van der Waals surface area contributed by atoms with Crippen LogP contribution < -0.4 is 10.5 Å². The molecule has 0 N–H and O–H groups in total. The highest BCUT2D eigenvalue weighted by molar-refractivity contribution is 7.16. The second-order valence-electron chi connectivity index (χ2n) is 9.49. The van der Waals surface area contributed by atoms with Gasteiger partial charge in [0.05, 0.1) is 39.2 Å². The number of anilines is 1. The zero-order valence-corrected chi connectivity index (χ0v) is 21.8. The SMILES string of the molecule is CC[C@H]1CN([C@H](C)c2cc3scnc3cc2F)[C@H](CC)CN1c1cc(=O)n(C)c2cn(CC#N)nc12. The number of hydrogen-bond donors (Lipinski definition) is 0. The minimum atomic E-state index is -0.220. The molecular formula is C26H30FN7OS. The maximum Gasteiger partial charge on any atom is 0.252 e. The number of nitrogens with zero attached hydrogens (tertiary/aromatic N) is 7. The molecule has 1 fully saturated rings. The van der Waals surface area contributed by atoms with Gasteiger partial charge in [0, 0.05) is 56.0 Å². The topological polar surface area (TPSA) is 83.0 Å². The number of halogens is 1. The molecule has 0 aliphatic carbocycles. The summed E-state index contributed by atoms with van der Waals surface area (Å²) in [6.45, 7) is 7.94. The van der Waals surface area contributed by atoms with E-state index in [1.807, 2.05) is 6.07 Å². The monoisotopic (exact) mass is 507 g/mol. The number of hydrogen-bond acceptors (Lipinski definition) is 7. The maximum atomic E-state index is 15.1. The molecule has 188 valence electrons. The van der Waals surface area contributed by atoms with Crippen LogP contribution in [0.5, 0.6) is 0 Å². The number of fused-ring (bicyclic) bond motifs is 2. The predicted octanol–water partition coefficient (Wildman–Crippen LogP) is 4.45. The normalized spacial score (nSPS) is 19.7. The summed E-state index contributed by atoms with van der Waals surface area (Å²) < 4.78 is 19.3. The van der Waals surface area contributed by atoms with E-state index in [4.69, 9.17) is 5.26 Å². The van der Waals surface area contributed by atoms with Crippen LogP contribution in [0.3, 0.4) is 0 Å². The Morgan fingerprint density at radius 1 is 1.22 bits per heavy atom. The van der Waals surface area contributed by atoms with Crippen molar-refractivity contribution in [3.63, 3.8) is 0 Å². The number of benzene rings is 1. The van der Waals surface area contributed by atoms with Gasteiger partial charge in [-0.05, 0) is 25.8 Å².